The largest absolute Gasteiger partial charge is 0.451 e. The van der Waals surface area contributed by atoms with E-state index in [2.05, 4.69) is 0 Å². The minimum absolute atomic E-state index is 0.0666. The van der Waals surface area contributed by atoms with Gasteiger partial charge in [0, 0.05) is 0 Å². The Hall–Kier alpha value is -3.78. The summed E-state index contributed by atoms with van der Waals surface area (Å²) in [5.41, 5.74) is 9.90. The predicted molar refractivity (Wildman–Crippen MR) is 140 cm³/mol. The van der Waals surface area contributed by atoms with Crippen LogP contribution in [0.15, 0.2) is 120 Å². The van der Waals surface area contributed by atoms with Crippen LogP contribution in [0.3, 0.4) is 0 Å². The summed E-state index contributed by atoms with van der Waals surface area (Å²) in [6.45, 7) is 1.84. The molecule has 0 fully saturated rings. The molecule has 0 amide bonds. The summed E-state index contributed by atoms with van der Waals surface area (Å²) in [5, 5.41) is 0. The summed E-state index contributed by atoms with van der Waals surface area (Å²) in [6, 6.07) is 34.4. The normalized spacial score (nSPS) is 11.8. The van der Waals surface area contributed by atoms with Gasteiger partial charge < -0.3 is 10.5 Å². The molecule has 0 unspecified atom stereocenters. The molecule has 0 aliphatic carbocycles. The van der Waals surface area contributed by atoms with Gasteiger partial charge in [-0.15, -0.1) is 0 Å². The number of carbonyl (C=O) groups excluding carboxylic acids is 1. The summed E-state index contributed by atoms with van der Waals surface area (Å²) in [7, 11) is -4.02. The highest BCUT2D eigenvalue weighted by molar-refractivity contribution is 7.85. The van der Waals surface area contributed by atoms with Gasteiger partial charge in [-0.05, 0) is 42.2 Å². The Morgan fingerprint density at radius 1 is 0.778 bits per heavy atom. The molecule has 7 heteroatoms. The molecule has 186 valence electrons. The molecular formula is C29H29NO5S. The van der Waals surface area contributed by atoms with E-state index >= 15 is 0 Å². The first-order valence-corrected chi connectivity index (χ1v) is 12.8. The highest BCUT2D eigenvalue weighted by Crippen LogP contribution is 2.26. The maximum Gasteiger partial charge on any atom is 0.324 e. The van der Waals surface area contributed by atoms with Gasteiger partial charge in [-0.25, -0.2) is 0 Å². The molecule has 36 heavy (non-hydrogen) atoms. The van der Waals surface area contributed by atoms with Crippen molar-refractivity contribution >= 4 is 16.1 Å². The molecule has 0 saturated carbocycles. The minimum Gasteiger partial charge on any atom is -0.451 e. The van der Waals surface area contributed by atoms with Crippen molar-refractivity contribution < 1.29 is 22.5 Å². The number of esters is 1. The van der Waals surface area contributed by atoms with Crippen LogP contribution in [-0.4, -0.2) is 25.0 Å². The number of ether oxygens (including phenoxy) is 1. The molecule has 0 spiro atoms. The van der Waals surface area contributed by atoms with E-state index in [1.165, 1.54) is 12.1 Å². The average Bonchev–Trinajstić information content (AvgIpc) is 2.89. The van der Waals surface area contributed by atoms with Gasteiger partial charge in [-0.2, -0.15) is 8.42 Å². The number of hydrogen-bond donors (Lipinski definition) is 2. The Balaban J connectivity index is 0.000000275. The van der Waals surface area contributed by atoms with Crippen molar-refractivity contribution in [3.63, 3.8) is 0 Å². The lowest BCUT2D eigenvalue weighted by Crippen LogP contribution is -2.35. The number of nitrogens with two attached hydrogens (primary N) is 1. The van der Waals surface area contributed by atoms with E-state index in [0.29, 0.717) is 6.42 Å². The first kappa shape index (κ1) is 26.8. The fourth-order valence-corrected chi connectivity index (χ4v) is 3.93. The van der Waals surface area contributed by atoms with E-state index < -0.39 is 28.2 Å². The molecule has 0 aromatic heterocycles. The Bertz CT molecular complexity index is 1290. The quantitative estimate of drug-likeness (QED) is 0.267. The number of aryl methyl sites for hydroxylation is 1. The molecule has 3 N–H and O–H groups in total. The summed E-state index contributed by atoms with van der Waals surface area (Å²) in [5.74, 6) is -0.401. The minimum atomic E-state index is -4.02. The van der Waals surface area contributed by atoms with Gasteiger partial charge in [0.05, 0.1) is 4.90 Å². The van der Waals surface area contributed by atoms with E-state index in [9.17, 15) is 13.2 Å². The van der Waals surface area contributed by atoms with E-state index in [0.717, 1.165) is 22.3 Å². The first-order valence-electron chi connectivity index (χ1n) is 11.4. The molecular weight excluding hydrogens is 474 g/mol. The summed E-state index contributed by atoms with van der Waals surface area (Å²) < 4.78 is 35.3. The third kappa shape index (κ3) is 8.16. The molecule has 0 heterocycles. The van der Waals surface area contributed by atoms with Crippen molar-refractivity contribution in [1.82, 2.24) is 0 Å². The van der Waals surface area contributed by atoms with Crippen molar-refractivity contribution in [3.05, 3.63) is 138 Å². The van der Waals surface area contributed by atoms with Gasteiger partial charge in [0.15, 0.2) is 6.10 Å². The summed E-state index contributed by atoms with van der Waals surface area (Å²) in [4.78, 5) is 12.5. The van der Waals surface area contributed by atoms with Gasteiger partial charge in [0.1, 0.15) is 6.04 Å². The van der Waals surface area contributed by atoms with Crippen molar-refractivity contribution in [3.8, 4) is 0 Å². The SMILES string of the molecule is Cc1ccc(S(=O)(=O)O)cc1.N[C@@H](Cc1ccccc1)C(=O)OC(c1ccccc1)c1ccccc1. The third-order valence-corrected chi connectivity index (χ3v) is 6.23. The second-order valence-electron chi connectivity index (χ2n) is 8.22. The summed E-state index contributed by atoms with van der Waals surface area (Å²) in [6.07, 6.45) is -0.00703. The number of rotatable bonds is 7. The van der Waals surface area contributed by atoms with Gasteiger partial charge in [0.2, 0.25) is 0 Å². The van der Waals surface area contributed by atoms with Crippen LogP contribution < -0.4 is 5.73 Å². The Morgan fingerprint density at radius 2 is 1.22 bits per heavy atom. The summed E-state index contributed by atoms with van der Waals surface area (Å²) >= 11 is 0. The molecule has 0 radical (unpaired) electrons. The molecule has 1 atom stereocenters. The lowest BCUT2D eigenvalue weighted by Gasteiger charge is -2.21. The van der Waals surface area contributed by atoms with Crippen molar-refractivity contribution in [1.29, 1.82) is 0 Å². The maximum absolute atomic E-state index is 12.6. The molecule has 6 nitrogen and oxygen atoms in total. The van der Waals surface area contributed by atoms with Crippen LogP contribution in [0.2, 0.25) is 0 Å². The fourth-order valence-electron chi connectivity index (χ4n) is 3.45. The molecule has 0 bridgehead atoms. The topological polar surface area (TPSA) is 107 Å². The highest BCUT2D eigenvalue weighted by atomic mass is 32.2. The maximum atomic E-state index is 12.6. The second kappa shape index (κ2) is 12.8. The molecule has 4 aromatic rings. The molecule has 0 aliphatic heterocycles. The zero-order chi connectivity index (χ0) is 26.0. The smallest absolute Gasteiger partial charge is 0.324 e. The van der Waals surface area contributed by atoms with Crippen molar-refractivity contribution in [2.75, 3.05) is 0 Å². The number of benzene rings is 4. The van der Waals surface area contributed by atoms with Gasteiger partial charge in [-0.1, -0.05) is 109 Å². The molecule has 0 aliphatic rings. The zero-order valence-electron chi connectivity index (χ0n) is 19.9. The molecule has 4 aromatic carbocycles. The Morgan fingerprint density at radius 3 is 1.67 bits per heavy atom. The van der Waals surface area contributed by atoms with Crippen LogP contribution in [0.1, 0.15) is 28.4 Å². The Labute approximate surface area is 212 Å². The van der Waals surface area contributed by atoms with Crippen LogP contribution in [0.25, 0.3) is 0 Å². The number of carbonyl (C=O) groups is 1. The van der Waals surface area contributed by atoms with Crippen LogP contribution in [0.5, 0.6) is 0 Å². The van der Waals surface area contributed by atoms with E-state index in [1.807, 2.05) is 97.9 Å². The zero-order valence-corrected chi connectivity index (χ0v) is 20.7. The average molecular weight is 504 g/mol. The first-order chi connectivity index (χ1) is 17.2. The fraction of sp³-hybridized carbons (Fsp3) is 0.138. The van der Waals surface area contributed by atoms with Gasteiger partial charge >= 0.3 is 5.97 Å². The lowest BCUT2D eigenvalue weighted by molar-refractivity contribution is -0.149. The number of hydrogen-bond acceptors (Lipinski definition) is 5. The Kier molecular flexibility index (Phi) is 9.53. The standard InChI is InChI=1S/C22H21NO2.C7H8O3S/c23-20(16-17-10-4-1-5-11-17)22(24)25-21(18-12-6-2-7-13-18)19-14-8-3-9-15-19;1-6-2-4-7(5-3-6)11(8,9)10/h1-15,20-21H,16,23H2;2-5H,1H3,(H,8,9,10)/t20-;/m0./s1. The lowest BCUT2D eigenvalue weighted by atomic mass is 10.0. The second-order valence-corrected chi connectivity index (χ2v) is 9.64. The molecule has 4 rings (SSSR count). The van der Waals surface area contributed by atoms with Crippen LogP contribution in [0, 0.1) is 6.92 Å². The van der Waals surface area contributed by atoms with Crippen molar-refractivity contribution in [2.45, 2.75) is 30.4 Å². The van der Waals surface area contributed by atoms with E-state index in [4.69, 9.17) is 15.0 Å². The monoisotopic (exact) mass is 503 g/mol. The van der Waals surface area contributed by atoms with Crippen LogP contribution in [-0.2, 0) is 26.1 Å². The third-order valence-electron chi connectivity index (χ3n) is 5.36. The predicted octanol–water partition coefficient (Wildman–Crippen LogP) is 5.13. The van der Waals surface area contributed by atoms with Crippen molar-refractivity contribution in [2.24, 2.45) is 5.73 Å². The van der Waals surface area contributed by atoms with Gasteiger partial charge in [0.25, 0.3) is 10.1 Å². The van der Waals surface area contributed by atoms with Crippen LogP contribution in [0.4, 0.5) is 0 Å². The highest BCUT2D eigenvalue weighted by Gasteiger charge is 2.23. The van der Waals surface area contributed by atoms with E-state index in [-0.39, 0.29) is 4.90 Å². The van der Waals surface area contributed by atoms with Crippen LogP contribution >= 0.6 is 0 Å². The van der Waals surface area contributed by atoms with E-state index in [1.54, 1.807) is 12.1 Å². The van der Waals surface area contributed by atoms with Gasteiger partial charge in [-0.3, -0.25) is 9.35 Å². The molecule has 0 saturated heterocycles.